The Morgan fingerprint density at radius 1 is 1.03 bits per heavy atom. The average Bonchev–Trinajstić information content (AvgIpc) is 3.20. The summed E-state index contributed by atoms with van der Waals surface area (Å²) in [7, 11) is 1.66. The standard InChI is InChI=1S/C26H32N4O3/c1-19-5-10-22(11-6-19)26-28-27-25(33-26)20(2)29-15-4-16-30(18-17-29)24(31)14-9-21-7-12-23(32-3)13-8-21/h5-8,10-13,20H,4,9,14-18H2,1-3H3. The zero-order valence-electron chi connectivity index (χ0n) is 19.7. The van der Waals surface area contributed by atoms with E-state index >= 15 is 0 Å². The fraction of sp³-hybridized carbons (Fsp3) is 0.423. The van der Waals surface area contributed by atoms with Crippen LogP contribution in [0, 0.1) is 6.92 Å². The maximum Gasteiger partial charge on any atom is 0.247 e. The van der Waals surface area contributed by atoms with E-state index in [0.717, 1.165) is 49.4 Å². The van der Waals surface area contributed by atoms with E-state index in [1.54, 1.807) is 7.11 Å². The quantitative estimate of drug-likeness (QED) is 0.537. The molecular weight excluding hydrogens is 416 g/mol. The topological polar surface area (TPSA) is 71.7 Å². The molecule has 1 aliphatic heterocycles. The molecule has 1 amide bonds. The minimum atomic E-state index is 0.00560. The molecule has 0 bridgehead atoms. The van der Waals surface area contributed by atoms with Crippen molar-refractivity contribution in [2.75, 3.05) is 33.3 Å². The lowest BCUT2D eigenvalue weighted by molar-refractivity contribution is -0.131. The number of carbonyl (C=O) groups excluding carboxylic acids is 1. The lowest BCUT2D eigenvalue weighted by Gasteiger charge is -2.25. The number of rotatable bonds is 7. The van der Waals surface area contributed by atoms with Crippen LogP contribution in [0.5, 0.6) is 5.75 Å². The predicted molar refractivity (Wildman–Crippen MR) is 127 cm³/mol. The first-order chi connectivity index (χ1) is 16.0. The van der Waals surface area contributed by atoms with Gasteiger partial charge in [-0.1, -0.05) is 29.8 Å². The number of nitrogens with zero attached hydrogens (tertiary/aromatic N) is 4. The van der Waals surface area contributed by atoms with E-state index in [-0.39, 0.29) is 11.9 Å². The van der Waals surface area contributed by atoms with Gasteiger partial charge in [0, 0.05) is 38.2 Å². The second kappa shape index (κ2) is 10.6. The van der Waals surface area contributed by atoms with Gasteiger partial charge in [-0.25, -0.2) is 0 Å². The Labute approximate surface area is 195 Å². The number of benzene rings is 2. The Morgan fingerprint density at radius 2 is 1.79 bits per heavy atom. The van der Waals surface area contributed by atoms with Crippen LogP contribution in [0.3, 0.4) is 0 Å². The van der Waals surface area contributed by atoms with Crippen molar-refractivity contribution in [1.82, 2.24) is 20.0 Å². The van der Waals surface area contributed by atoms with E-state index in [1.165, 1.54) is 5.56 Å². The second-order valence-electron chi connectivity index (χ2n) is 8.61. The van der Waals surface area contributed by atoms with Gasteiger partial charge in [0.25, 0.3) is 0 Å². The third-order valence-electron chi connectivity index (χ3n) is 6.31. The Morgan fingerprint density at radius 3 is 2.52 bits per heavy atom. The van der Waals surface area contributed by atoms with E-state index < -0.39 is 0 Å². The molecule has 1 fully saturated rings. The summed E-state index contributed by atoms with van der Waals surface area (Å²) in [5.41, 5.74) is 3.27. The van der Waals surface area contributed by atoms with Crippen molar-refractivity contribution in [3.63, 3.8) is 0 Å². The van der Waals surface area contributed by atoms with Gasteiger partial charge < -0.3 is 14.1 Å². The average molecular weight is 449 g/mol. The number of amides is 1. The summed E-state index contributed by atoms with van der Waals surface area (Å²) < 4.78 is 11.2. The molecule has 1 unspecified atom stereocenters. The number of aromatic nitrogens is 2. The van der Waals surface area contributed by atoms with Crippen molar-refractivity contribution in [3.8, 4) is 17.2 Å². The minimum Gasteiger partial charge on any atom is -0.497 e. The Bertz CT molecular complexity index is 1050. The van der Waals surface area contributed by atoms with E-state index in [2.05, 4.69) is 28.9 Å². The van der Waals surface area contributed by atoms with Gasteiger partial charge in [-0.3, -0.25) is 9.69 Å². The summed E-state index contributed by atoms with van der Waals surface area (Å²) in [6.45, 7) is 7.32. The predicted octanol–water partition coefficient (Wildman–Crippen LogP) is 4.28. The molecule has 1 aliphatic rings. The summed E-state index contributed by atoms with van der Waals surface area (Å²) in [6, 6.07) is 16.0. The Kier molecular flexibility index (Phi) is 7.40. The first-order valence-electron chi connectivity index (χ1n) is 11.6. The third kappa shape index (κ3) is 5.79. The molecule has 2 aromatic carbocycles. The Balaban J connectivity index is 1.30. The number of carbonyl (C=O) groups is 1. The highest BCUT2D eigenvalue weighted by atomic mass is 16.5. The monoisotopic (exact) mass is 448 g/mol. The first-order valence-corrected chi connectivity index (χ1v) is 11.6. The normalized spacial score (nSPS) is 15.8. The molecule has 7 heteroatoms. The molecule has 4 rings (SSSR count). The number of methoxy groups -OCH3 is 1. The van der Waals surface area contributed by atoms with E-state index in [0.29, 0.717) is 24.7 Å². The molecule has 1 aromatic heterocycles. The molecule has 0 aliphatic carbocycles. The molecule has 7 nitrogen and oxygen atoms in total. The van der Waals surface area contributed by atoms with Crippen molar-refractivity contribution in [3.05, 3.63) is 65.5 Å². The molecule has 2 heterocycles. The molecule has 0 spiro atoms. The van der Waals surface area contributed by atoms with Gasteiger partial charge in [-0.2, -0.15) is 0 Å². The molecular formula is C26H32N4O3. The number of hydrogen-bond donors (Lipinski definition) is 0. The molecule has 0 N–H and O–H groups in total. The fourth-order valence-corrected chi connectivity index (χ4v) is 4.15. The highest BCUT2D eigenvalue weighted by molar-refractivity contribution is 5.76. The smallest absolute Gasteiger partial charge is 0.247 e. The van der Waals surface area contributed by atoms with Gasteiger partial charge in [0.1, 0.15) is 5.75 Å². The van der Waals surface area contributed by atoms with Gasteiger partial charge in [-0.05, 0) is 56.5 Å². The number of ether oxygens (including phenoxy) is 1. The molecule has 0 radical (unpaired) electrons. The molecule has 3 aromatic rings. The Hall–Kier alpha value is -3.19. The maximum atomic E-state index is 12.8. The van der Waals surface area contributed by atoms with E-state index in [1.807, 2.05) is 53.4 Å². The summed E-state index contributed by atoms with van der Waals surface area (Å²) in [5, 5.41) is 8.55. The highest BCUT2D eigenvalue weighted by Gasteiger charge is 2.26. The van der Waals surface area contributed by atoms with Crippen molar-refractivity contribution in [2.45, 2.75) is 39.2 Å². The van der Waals surface area contributed by atoms with Crippen LogP contribution in [0.1, 0.15) is 42.8 Å². The van der Waals surface area contributed by atoms with Gasteiger partial charge in [-0.15, -0.1) is 10.2 Å². The summed E-state index contributed by atoms with van der Waals surface area (Å²) in [4.78, 5) is 17.1. The second-order valence-corrected chi connectivity index (χ2v) is 8.61. The molecule has 33 heavy (non-hydrogen) atoms. The van der Waals surface area contributed by atoms with E-state index in [4.69, 9.17) is 9.15 Å². The van der Waals surface area contributed by atoms with Crippen LogP contribution < -0.4 is 4.74 Å². The molecule has 1 saturated heterocycles. The van der Waals surface area contributed by atoms with Crippen LogP contribution in [0.2, 0.25) is 0 Å². The molecule has 1 atom stereocenters. The largest absolute Gasteiger partial charge is 0.497 e. The van der Waals surface area contributed by atoms with Crippen LogP contribution >= 0.6 is 0 Å². The number of aryl methyl sites for hydroxylation is 2. The summed E-state index contributed by atoms with van der Waals surface area (Å²) >= 11 is 0. The summed E-state index contributed by atoms with van der Waals surface area (Å²) in [6.07, 6.45) is 2.19. The highest BCUT2D eigenvalue weighted by Crippen LogP contribution is 2.25. The number of hydrogen-bond acceptors (Lipinski definition) is 6. The van der Waals surface area contributed by atoms with Crippen LogP contribution in [0.25, 0.3) is 11.5 Å². The summed E-state index contributed by atoms with van der Waals surface area (Å²) in [5.74, 6) is 2.20. The zero-order valence-corrected chi connectivity index (χ0v) is 19.7. The lowest BCUT2D eigenvalue weighted by atomic mass is 10.1. The molecule has 0 saturated carbocycles. The lowest BCUT2D eigenvalue weighted by Crippen LogP contribution is -2.36. The van der Waals surface area contributed by atoms with Crippen LogP contribution in [0.4, 0.5) is 0 Å². The van der Waals surface area contributed by atoms with Gasteiger partial charge >= 0.3 is 0 Å². The first kappa shape index (κ1) is 23.0. The van der Waals surface area contributed by atoms with Crippen molar-refractivity contribution >= 4 is 5.91 Å². The van der Waals surface area contributed by atoms with Crippen molar-refractivity contribution in [1.29, 1.82) is 0 Å². The van der Waals surface area contributed by atoms with Crippen LogP contribution in [-0.2, 0) is 11.2 Å². The fourth-order valence-electron chi connectivity index (χ4n) is 4.15. The van der Waals surface area contributed by atoms with Crippen LogP contribution in [0.15, 0.2) is 52.9 Å². The molecule has 174 valence electrons. The van der Waals surface area contributed by atoms with Gasteiger partial charge in [0.05, 0.1) is 13.2 Å². The third-order valence-corrected chi connectivity index (χ3v) is 6.31. The van der Waals surface area contributed by atoms with Gasteiger partial charge in [0.2, 0.25) is 17.7 Å². The SMILES string of the molecule is COc1ccc(CCC(=O)N2CCCN(C(C)c3nnc(-c4ccc(C)cc4)o3)CC2)cc1. The zero-order chi connectivity index (χ0) is 23.2. The van der Waals surface area contributed by atoms with Crippen molar-refractivity contribution < 1.29 is 13.9 Å². The van der Waals surface area contributed by atoms with Gasteiger partial charge in [0.15, 0.2) is 0 Å². The maximum absolute atomic E-state index is 12.8. The minimum absolute atomic E-state index is 0.00560. The van der Waals surface area contributed by atoms with E-state index in [9.17, 15) is 4.79 Å². The van der Waals surface area contributed by atoms with Crippen molar-refractivity contribution in [2.24, 2.45) is 0 Å². The van der Waals surface area contributed by atoms with Crippen LogP contribution in [-0.4, -0.2) is 59.2 Å².